The van der Waals surface area contributed by atoms with Crippen molar-refractivity contribution in [2.75, 3.05) is 6.61 Å². The molecule has 0 bridgehead atoms. The smallest absolute Gasteiger partial charge is 0.0771 e. The first-order valence-corrected chi connectivity index (χ1v) is 5.78. The lowest BCUT2D eigenvalue weighted by Gasteiger charge is -2.33. The van der Waals surface area contributed by atoms with Gasteiger partial charge in [0.2, 0.25) is 0 Å². The second-order valence-corrected chi connectivity index (χ2v) is 5.75. The molecule has 0 spiro atoms. The lowest BCUT2D eigenvalue weighted by molar-refractivity contribution is -0.0322. The fourth-order valence-electron chi connectivity index (χ4n) is 1.96. The van der Waals surface area contributed by atoms with E-state index in [4.69, 9.17) is 10.5 Å². The van der Waals surface area contributed by atoms with E-state index < -0.39 is 0 Å². The van der Waals surface area contributed by atoms with E-state index in [1.54, 1.807) is 0 Å². The van der Waals surface area contributed by atoms with Crippen LogP contribution in [0.4, 0.5) is 0 Å². The largest absolute Gasteiger partial charge is 0.376 e. The molecule has 0 saturated heterocycles. The van der Waals surface area contributed by atoms with Gasteiger partial charge in [-0.2, -0.15) is 0 Å². The van der Waals surface area contributed by atoms with Crippen molar-refractivity contribution in [1.29, 1.82) is 0 Å². The van der Waals surface area contributed by atoms with E-state index in [9.17, 15) is 0 Å². The van der Waals surface area contributed by atoms with Crippen LogP contribution in [0.5, 0.6) is 0 Å². The molecule has 0 aromatic heterocycles. The molecule has 0 aromatic rings. The third kappa shape index (κ3) is 3.97. The van der Waals surface area contributed by atoms with Crippen molar-refractivity contribution in [2.45, 2.75) is 59.1 Å². The average molecular weight is 199 g/mol. The maximum Gasteiger partial charge on any atom is 0.0771 e. The molecule has 2 atom stereocenters. The highest BCUT2D eigenvalue weighted by molar-refractivity contribution is 4.82. The predicted molar refractivity (Wildman–Crippen MR) is 60.2 cm³/mol. The van der Waals surface area contributed by atoms with Gasteiger partial charge < -0.3 is 10.5 Å². The van der Waals surface area contributed by atoms with Crippen molar-refractivity contribution in [3.05, 3.63) is 0 Å². The standard InChI is InChI=1S/C12H25NO/c1-9(13)11(12(2,3)4)14-8-7-10-5-6-10/h9-11H,5-8,13H2,1-4H3. The summed E-state index contributed by atoms with van der Waals surface area (Å²) in [4.78, 5) is 0. The minimum Gasteiger partial charge on any atom is -0.376 e. The number of hydrogen-bond donors (Lipinski definition) is 1. The minimum absolute atomic E-state index is 0.120. The van der Waals surface area contributed by atoms with Crippen LogP contribution in [0.15, 0.2) is 0 Å². The van der Waals surface area contributed by atoms with Gasteiger partial charge in [-0.05, 0) is 24.7 Å². The molecule has 1 aliphatic carbocycles. The number of hydrogen-bond acceptors (Lipinski definition) is 2. The van der Waals surface area contributed by atoms with Gasteiger partial charge in [0.15, 0.2) is 0 Å². The van der Waals surface area contributed by atoms with Gasteiger partial charge >= 0.3 is 0 Å². The van der Waals surface area contributed by atoms with Gasteiger partial charge in [0.25, 0.3) is 0 Å². The summed E-state index contributed by atoms with van der Waals surface area (Å²) in [5.74, 6) is 0.948. The quantitative estimate of drug-likeness (QED) is 0.738. The minimum atomic E-state index is 0.120. The molecule has 84 valence electrons. The normalized spacial score (nSPS) is 22.1. The highest BCUT2D eigenvalue weighted by Gasteiger charge is 2.29. The topological polar surface area (TPSA) is 35.2 Å². The second kappa shape index (κ2) is 4.63. The molecule has 0 amide bonds. The first-order valence-electron chi connectivity index (χ1n) is 5.78. The fraction of sp³-hybridized carbons (Fsp3) is 1.00. The molecule has 1 fully saturated rings. The third-order valence-electron chi connectivity index (χ3n) is 2.85. The van der Waals surface area contributed by atoms with Crippen LogP contribution >= 0.6 is 0 Å². The Bertz CT molecular complexity index is 168. The average Bonchev–Trinajstić information content (AvgIpc) is 2.77. The monoisotopic (exact) mass is 199 g/mol. The summed E-state index contributed by atoms with van der Waals surface area (Å²) < 4.78 is 5.89. The molecule has 0 aliphatic heterocycles. The molecule has 14 heavy (non-hydrogen) atoms. The predicted octanol–water partition coefficient (Wildman–Crippen LogP) is 2.57. The molecule has 2 N–H and O–H groups in total. The van der Waals surface area contributed by atoms with Crippen LogP contribution < -0.4 is 5.73 Å². The van der Waals surface area contributed by atoms with Crippen molar-refractivity contribution < 1.29 is 4.74 Å². The molecular weight excluding hydrogens is 174 g/mol. The molecule has 2 nitrogen and oxygen atoms in total. The lowest BCUT2D eigenvalue weighted by atomic mass is 9.85. The van der Waals surface area contributed by atoms with E-state index >= 15 is 0 Å². The number of nitrogens with two attached hydrogens (primary N) is 1. The van der Waals surface area contributed by atoms with Crippen molar-refractivity contribution >= 4 is 0 Å². The Balaban J connectivity index is 2.27. The van der Waals surface area contributed by atoms with Crippen LogP contribution in [0.1, 0.15) is 47.0 Å². The van der Waals surface area contributed by atoms with E-state index in [-0.39, 0.29) is 17.6 Å². The van der Waals surface area contributed by atoms with Gasteiger partial charge in [-0.3, -0.25) is 0 Å². The van der Waals surface area contributed by atoms with Crippen molar-refractivity contribution in [3.63, 3.8) is 0 Å². The zero-order valence-corrected chi connectivity index (χ0v) is 10.0. The SMILES string of the molecule is CC(N)C(OCCC1CC1)C(C)(C)C. The fourth-order valence-corrected chi connectivity index (χ4v) is 1.96. The summed E-state index contributed by atoms with van der Waals surface area (Å²) in [6.45, 7) is 9.50. The van der Waals surface area contributed by atoms with Gasteiger partial charge in [-0.1, -0.05) is 33.6 Å². The van der Waals surface area contributed by atoms with E-state index in [1.807, 2.05) is 6.92 Å². The van der Waals surface area contributed by atoms with Gasteiger partial charge in [-0.25, -0.2) is 0 Å². The molecular formula is C12H25NO. The van der Waals surface area contributed by atoms with Crippen LogP contribution in [-0.4, -0.2) is 18.8 Å². The highest BCUT2D eigenvalue weighted by Crippen LogP contribution is 2.33. The van der Waals surface area contributed by atoms with Crippen molar-refractivity contribution in [1.82, 2.24) is 0 Å². The Kier molecular flexibility index (Phi) is 3.96. The van der Waals surface area contributed by atoms with Crippen molar-refractivity contribution in [2.24, 2.45) is 17.1 Å². The number of rotatable bonds is 5. The highest BCUT2D eigenvalue weighted by atomic mass is 16.5. The Morgan fingerprint density at radius 3 is 2.29 bits per heavy atom. The van der Waals surface area contributed by atoms with E-state index in [1.165, 1.54) is 19.3 Å². The van der Waals surface area contributed by atoms with Gasteiger partial charge in [0.1, 0.15) is 0 Å². The van der Waals surface area contributed by atoms with E-state index in [0.717, 1.165) is 12.5 Å². The van der Waals surface area contributed by atoms with Crippen LogP contribution in [0.2, 0.25) is 0 Å². The Labute approximate surface area is 88.2 Å². The maximum absolute atomic E-state index is 5.93. The van der Waals surface area contributed by atoms with Gasteiger partial charge in [0, 0.05) is 12.6 Å². The summed E-state index contributed by atoms with van der Waals surface area (Å²) in [7, 11) is 0. The third-order valence-corrected chi connectivity index (χ3v) is 2.85. The maximum atomic E-state index is 5.93. The van der Waals surface area contributed by atoms with Gasteiger partial charge in [-0.15, -0.1) is 0 Å². The van der Waals surface area contributed by atoms with Crippen LogP contribution in [0.3, 0.4) is 0 Å². The van der Waals surface area contributed by atoms with Crippen molar-refractivity contribution in [3.8, 4) is 0 Å². The first kappa shape index (κ1) is 12.0. The summed E-state index contributed by atoms with van der Waals surface area (Å²) in [5, 5.41) is 0. The van der Waals surface area contributed by atoms with Gasteiger partial charge in [0.05, 0.1) is 6.10 Å². The zero-order valence-electron chi connectivity index (χ0n) is 10.0. The molecule has 0 heterocycles. The molecule has 2 heteroatoms. The molecule has 2 unspecified atom stereocenters. The van der Waals surface area contributed by atoms with E-state index in [0.29, 0.717) is 0 Å². The molecule has 0 aromatic carbocycles. The molecule has 0 radical (unpaired) electrons. The lowest BCUT2D eigenvalue weighted by Crippen LogP contribution is -2.43. The molecule has 1 rings (SSSR count). The Morgan fingerprint density at radius 2 is 1.93 bits per heavy atom. The second-order valence-electron chi connectivity index (χ2n) is 5.75. The molecule has 1 saturated carbocycles. The van der Waals surface area contributed by atoms with Crippen LogP contribution in [0.25, 0.3) is 0 Å². The first-order chi connectivity index (χ1) is 6.41. The van der Waals surface area contributed by atoms with E-state index in [2.05, 4.69) is 20.8 Å². The van der Waals surface area contributed by atoms with Crippen LogP contribution in [-0.2, 0) is 4.74 Å². The zero-order chi connectivity index (χ0) is 10.8. The summed E-state index contributed by atoms with van der Waals surface area (Å²) in [6.07, 6.45) is 4.21. The summed E-state index contributed by atoms with van der Waals surface area (Å²) >= 11 is 0. The molecule has 1 aliphatic rings. The Morgan fingerprint density at radius 1 is 1.36 bits per heavy atom. The number of ether oxygens (including phenoxy) is 1. The van der Waals surface area contributed by atoms with Crippen LogP contribution in [0, 0.1) is 11.3 Å². The summed E-state index contributed by atoms with van der Waals surface area (Å²) in [6, 6.07) is 0.120. The summed E-state index contributed by atoms with van der Waals surface area (Å²) in [5.41, 5.74) is 6.08. The Hall–Kier alpha value is -0.0800.